The van der Waals surface area contributed by atoms with Gasteiger partial charge in [-0.1, -0.05) is 18.2 Å². The van der Waals surface area contributed by atoms with E-state index in [-0.39, 0.29) is 19.0 Å². The van der Waals surface area contributed by atoms with Crippen LogP contribution in [0.15, 0.2) is 47.0 Å². The van der Waals surface area contributed by atoms with E-state index in [1.807, 2.05) is 18.2 Å². The van der Waals surface area contributed by atoms with Crippen LogP contribution in [0.3, 0.4) is 0 Å². The van der Waals surface area contributed by atoms with Crippen molar-refractivity contribution in [3.8, 4) is 0 Å². The smallest absolute Gasteiger partial charge is 0.374 e. The van der Waals surface area contributed by atoms with Crippen molar-refractivity contribution < 1.29 is 33.2 Å². The van der Waals surface area contributed by atoms with Gasteiger partial charge in [-0.05, 0) is 25.1 Å². The zero-order valence-electron chi connectivity index (χ0n) is 16.7. The number of hydrogen-bond donors (Lipinski definition) is 0. The molecule has 3 heterocycles. The third-order valence-corrected chi connectivity index (χ3v) is 4.89. The van der Waals surface area contributed by atoms with Crippen LogP contribution in [0.4, 0.5) is 5.82 Å². The highest BCUT2D eigenvalue weighted by molar-refractivity contribution is 5.97. The fraction of sp³-hybridized carbons (Fsp3) is 0.318. The lowest BCUT2D eigenvalue weighted by Gasteiger charge is -2.22. The van der Waals surface area contributed by atoms with Gasteiger partial charge in [-0.15, -0.1) is 0 Å². The number of para-hydroxylation sites is 1. The summed E-state index contributed by atoms with van der Waals surface area (Å²) in [6.07, 6.45) is 1.77. The summed E-state index contributed by atoms with van der Waals surface area (Å²) in [4.78, 5) is 30.4. The van der Waals surface area contributed by atoms with Crippen LogP contribution in [0.1, 0.15) is 33.4 Å². The number of nitrogens with zero attached hydrogens (tertiary/aromatic N) is 1. The maximum atomic E-state index is 12.9. The lowest BCUT2D eigenvalue weighted by atomic mass is 10.1. The minimum absolute atomic E-state index is 0.0545. The molecule has 30 heavy (non-hydrogen) atoms. The number of furan rings is 1. The lowest BCUT2D eigenvalue weighted by Crippen LogP contribution is -2.40. The number of H-pyrrole nitrogens is 1. The number of pyridine rings is 1. The summed E-state index contributed by atoms with van der Waals surface area (Å²) in [5.74, 6) is -0.331. The maximum Gasteiger partial charge on any atom is 0.374 e. The first kappa shape index (κ1) is 19.9. The number of carbonyl (C=O) groups excluding carboxylic acids is 2. The zero-order valence-corrected chi connectivity index (χ0v) is 16.7. The number of ether oxygens (including phenoxy) is 3. The van der Waals surface area contributed by atoms with Crippen LogP contribution < -0.4 is 9.88 Å². The Balaban J connectivity index is 1.58. The molecule has 8 heteroatoms. The lowest BCUT2D eigenvalue weighted by molar-refractivity contribution is -0.364. The van der Waals surface area contributed by atoms with Gasteiger partial charge < -0.3 is 18.6 Å². The summed E-state index contributed by atoms with van der Waals surface area (Å²) in [7, 11) is 0. The van der Waals surface area contributed by atoms with E-state index in [1.165, 1.54) is 0 Å². The van der Waals surface area contributed by atoms with Crippen LogP contribution in [-0.2, 0) is 20.8 Å². The Kier molecular flexibility index (Phi) is 5.94. The van der Waals surface area contributed by atoms with Crippen molar-refractivity contribution in [1.82, 2.24) is 0 Å². The molecule has 0 bridgehead atoms. The van der Waals surface area contributed by atoms with Gasteiger partial charge in [-0.2, -0.15) is 0 Å². The summed E-state index contributed by atoms with van der Waals surface area (Å²) < 4.78 is 21.8. The van der Waals surface area contributed by atoms with Crippen LogP contribution >= 0.6 is 0 Å². The molecule has 1 saturated heterocycles. The number of rotatable bonds is 6. The Labute approximate surface area is 173 Å². The second-order valence-electron chi connectivity index (χ2n) is 6.73. The quantitative estimate of drug-likeness (QED) is 0.576. The van der Waals surface area contributed by atoms with E-state index in [9.17, 15) is 9.59 Å². The van der Waals surface area contributed by atoms with Gasteiger partial charge in [0, 0.05) is 5.39 Å². The number of esters is 2. The van der Waals surface area contributed by atoms with Gasteiger partial charge in [0.05, 0.1) is 31.6 Å². The van der Waals surface area contributed by atoms with Gasteiger partial charge >= 0.3 is 11.9 Å². The van der Waals surface area contributed by atoms with Crippen LogP contribution in [0.5, 0.6) is 0 Å². The molecule has 1 aromatic carbocycles. The molecule has 0 atom stereocenters. The number of anilines is 1. The highest BCUT2D eigenvalue weighted by atomic mass is 16.5. The molecule has 1 aliphatic heterocycles. The SMILES string of the molecule is CCOC(=O)c1oc2ccccc2c1COC(=O)c1ccc[nH+]c1N1CCOCC1. The molecule has 2 aromatic heterocycles. The first-order valence-electron chi connectivity index (χ1n) is 9.87. The third-order valence-electron chi connectivity index (χ3n) is 4.89. The Morgan fingerprint density at radius 3 is 2.67 bits per heavy atom. The largest absolute Gasteiger partial charge is 0.460 e. The molecule has 1 N–H and O–H groups in total. The number of hydrogen-bond acceptors (Lipinski definition) is 7. The van der Waals surface area contributed by atoms with E-state index in [2.05, 4.69) is 9.88 Å². The molecule has 0 unspecified atom stereocenters. The molecule has 8 nitrogen and oxygen atoms in total. The number of carbonyl (C=O) groups is 2. The molecule has 0 saturated carbocycles. The van der Waals surface area contributed by atoms with Crippen molar-refractivity contribution in [3.63, 3.8) is 0 Å². The van der Waals surface area contributed by atoms with Crippen molar-refractivity contribution in [2.24, 2.45) is 0 Å². The minimum atomic E-state index is -0.582. The number of aromatic nitrogens is 1. The second-order valence-corrected chi connectivity index (χ2v) is 6.73. The summed E-state index contributed by atoms with van der Waals surface area (Å²) in [6, 6.07) is 10.7. The predicted octanol–water partition coefficient (Wildman–Crippen LogP) is 2.62. The molecular formula is C22H23N2O6+. The number of morpholine rings is 1. The molecule has 0 radical (unpaired) electrons. The highest BCUT2D eigenvalue weighted by Gasteiger charge is 2.28. The van der Waals surface area contributed by atoms with Crippen molar-refractivity contribution in [3.05, 3.63) is 59.5 Å². The summed E-state index contributed by atoms with van der Waals surface area (Å²) in [6.45, 7) is 4.39. The highest BCUT2D eigenvalue weighted by Crippen LogP contribution is 2.28. The standard InChI is InChI=1S/C22H22N2O6/c1-2-28-22(26)19-17(15-6-3-4-8-18(15)30-19)14-29-21(25)16-7-5-9-23-20(16)24-10-12-27-13-11-24/h3-9H,2,10-14H2,1H3/p+1. The van der Waals surface area contributed by atoms with E-state index >= 15 is 0 Å². The van der Waals surface area contributed by atoms with Crippen molar-refractivity contribution in [2.75, 3.05) is 37.8 Å². The van der Waals surface area contributed by atoms with E-state index in [0.717, 1.165) is 0 Å². The average molecular weight is 411 g/mol. The molecule has 0 amide bonds. The average Bonchev–Trinajstić information content (AvgIpc) is 3.17. The van der Waals surface area contributed by atoms with Crippen LogP contribution in [0.25, 0.3) is 11.0 Å². The van der Waals surface area contributed by atoms with E-state index in [1.54, 1.807) is 31.3 Å². The fourth-order valence-electron chi connectivity index (χ4n) is 3.46. The van der Waals surface area contributed by atoms with E-state index < -0.39 is 11.9 Å². The van der Waals surface area contributed by atoms with Gasteiger partial charge in [0.15, 0.2) is 0 Å². The van der Waals surface area contributed by atoms with Gasteiger partial charge in [-0.3, -0.25) is 4.90 Å². The normalized spacial score (nSPS) is 14.0. The van der Waals surface area contributed by atoms with Crippen LogP contribution in [-0.4, -0.2) is 44.8 Å². The predicted molar refractivity (Wildman–Crippen MR) is 107 cm³/mol. The van der Waals surface area contributed by atoms with Crippen LogP contribution in [0, 0.1) is 0 Å². The number of benzene rings is 1. The monoisotopic (exact) mass is 411 g/mol. The Morgan fingerprint density at radius 1 is 1.07 bits per heavy atom. The van der Waals surface area contributed by atoms with Gasteiger partial charge in [0.1, 0.15) is 30.8 Å². The molecule has 4 rings (SSSR count). The molecule has 3 aromatic rings. The van der Waals surface area contributed by atoms with Gasteiger partial charge in [0.2, 0.25) is 5.76 Å². The molecule has 0 aliphatic carbocycles. The van der Waals surface area contributed by atoms with Gasteiger partial charge in [-0.25, -0.2) is 14.6 Å². The topological polar surface area (TPSA) is 92.4 Å². The Hall–Kier alpha value is -3.39. The first-order valence-corrected chi connectivity index (χ1v) is 9.87. The summed E-state index contributed by atoms with van der Waals surface area (Å²) in [5.41, 5.74) is 1.45. The molecular weight excluding hydrogens is 388 g/mol. The number of aromatic amines is 1. The van der Waals surface area contributed by atoms with Crippen molar-refractivity contribution in [1.29, 1.82) is 0 Å². The fourth-order valence-corrected chi connectivity index (χ4v) is 3.46. The molecule has 156 valence electrons. The van der Waals surface area contributed by atoms with E-state index in [4.69, 9.17) is 18.6 Å². The summed E-state index contributed by atoms with van der Waals surface area (Å²) in [5, 5.41) is 0.710. The van der Waals surface area contributed by atoms with E-state index in [0.29, 0.717) is 54.2 Å². The first-order chi connectivity index (χ1) is 14.7. The van der Waals surface area contributed by atoms with Crippen molar-refractivity contribution >= 4 is 28.7 Å². The van der Waals surface area contributed by atoms with Gasteiger partial charge in [0.25, 0.3) is 5.82 Å². The Morgan fingerprint density at radius 2 is 1.87 bits per heavy atom. The van der Waals surface area contributed by atoms with Crippen molar-refractivity contribution in [2.45, 2.75) is 13.5 Å². The number of nitrogens with one attached hydrogen (secondary N) is 1. The molecule has 1 fully saturated rings. The zero-order chi connectivity index (χ0) is 20.9. The molecule has 0 spiro atoms. The maximum absolute atomic E-state index is 12.9. The second kappa shape index (κ2) is 8.96. The Bertz CT molecular complexity index is 1050. The minimum Gasteiger partial charge on any atom is -0.460 e. The molecule has 1 aliphatic rings. The third kappa shape index (κ3) is 3.99. The van der Waals surface area contributed by atoms with Crippen LogP contribution in [0.2, 0.25) is 0 Å². The number of fused-ring (bicyclic) bond motifs is 1. The summed E-state index contributed by atoms with van der Waals surface area (Å²) >= 11 is 0.